The molecule has 1 atom stereocenters. The van der Waals surface area contributed by atoms with Crippen molar-refractivity contribution >= 4 is 21.8 Å². The van der Waals surface area contributed by atoms with Crippen molar-refractivity contribution in [3.8, 4) is 0 Å². The maximum absolute atomic E-state index is 11.6. The molecule has 0 aliphatic carbocycles. The molecule has 0 rings (SSSR count). The number of nitrogens with one attached hydrogen (secondary N) is 1. The Hall–Kier alpha value is -0.0900. The molecule has 0 radical (unpaired) electrons. The largest absolute Gasteiger partial charge is 0.366 e. The Labute approximate surface area is 107 Å². The fraction of sp³-hybridized carbons (Fsp3) is 0.917. The van der Waals surface area contributed by atoms with Gasteiger partial charge in [0, 0.05) is 11.4 Å². The fourth-order valence-electron chi connectivity index (χ4n) is 1.22. The minimum atomic E-state index is -0.264. The van der Waals surface area contributed by atoms with Crippen molar-refractivity contribution < 1.29 is 9.53 Å². The molecular formula is C12H24BrNO2. The molecule has 0 fully saturated rings. The lowest BCUT2D eigenvalue weighted by atomic mass is 10.0. The topological polar surface area (TPSA) is 38.3 Å². The third kappa shape index (κ3) is 8.11. The molecule has 0 aromatic heterocycles. The van der Waals surface area contributed by atoms with Crippen LogP contribution in [0.1, 0.15) is 41.0 Å². The number of rotatable bonds is 6. The molecule has 0 aromatic rings. The van der Waals surface area contributed by atoms with Gasteiger partial charge in [0.05, 0.1) is 5.60 Å². The summed E-state index contributed by atoms with van der Waals surface area (Å²) in [6, 6.07) is 0.218. The average Bonchev–Trinajstić information content (AvgIpc) is 2.13. The molecule has 96 valence electrons. The zero-order valence-corrected chi connectivity index (χ0v) is 12.6. The molecule has 1 amide bonds. The van der Waals surface area contributed by atoms with Crippen LogP contribution in [0.3, 0.4) is 0 Å². The monoisotopic (exact) mass is 293 g/mol. The van der Waals surface area contributed by atoms with E-state index in [1.54, 1.807) is 0 Å². The van der Waals surface area contributed by atoms with Crippen LogP contribution in [0.25, 0.3) is 0 Å². The van der Waals surface area contributed by atoms with E-state index in [4.69, 9.17) is 4.74 Å². The number of ether oxygens (including phenoxy) is 1. The second kappa shape index (κ2) is 7.28. The van der Waals surface area contributed by atoms with Crippen molar-refractivity contribution in [1.82, 2.24) is 5.32 Å². The predicted molar refractivity (Wildman–Crippen MR) is 70.9 cm³/mol. The summed E-state index contributed by atoms with van der Waals surface area (Å²) in [5, 5.41) is 3.90. The fourth-order valence-corrected chi connectivity index (χ4v) is 1.71. The van der Waals surface area contributed by atoms with Crippen LogP contribution >= 0.6 is 15.9 Å². The Kier molecular flexibility index (Phi) is 7.24. The van der Waals surface area contributed by atoms with E-state index in [1.807, 2.05) is 20.8 Å². The summed E-state index contributed by atoms with van der Waals surface area (Å²) in [5.74, 6) is 0.408. The molecule has 16 heavy (non-hydrogen) atoms. The SMILES string of the molecule is CC(C)C(CCBr)NC(=O)COC(C)(C)C. The summed E-state index contributed by atoms with van der Waals surface area (Å²) in [6.45, 7) is 10.2. The molecule has 1 N–H and O–H groups in total. The maximum Gasteiger partial charge on any atom is 0.246 e. The molecule has 1 unspecified atom stereocenters. The van der Waals surface area contributed by atoms with Crippen molar-refractivity contribution in [3.05, 3.63) is 0 Å². The molecule has 4 heteroatoms. The number of carbonyl (C=O) groups excluding carboxylic acids is 1. The highest BCUT2D eigenvalue weighted by Crippen LogP contribution is 2.09. The highest BCUT2D eigenvalue weighted by molar-refractivity contribution is 9.09. The quantitative estimate of drug-likeness (QED) is 0.765. The lowest BCUT2D eigenvalue weighted by Gasteiger charge is -2.23. The van der Waals surface area contributed by atoms with E-state index in [0.29, 0.717) is 5.92 Å². The summed E-state index contributed by atoms with van der Waals surface area (Å²) < 4.78 is 5.43. The minimum absolute atomic E-state index is 0.0328. The lowest BCUT2D eigenvalue weighted by molar-refractivity contribution is -0.131. The summed E-state index contributed by atoms with van der Waals surface area (Å²) in [5.41, 5.74) is -0.264. The van der Waals surface area contributed by atoms with Gasteiger partial charge in [0.25, 0.3) is 0 Å². The molecule has 0 saturated carbocycles. The van der Waals surface area contributed by atoms with Crippen LogP contribution in [0.15, 0.2) is 0 Å². The number of halogens is 1. The van der Waals surface area contributed by atoms with Crippen LogP contribution in [-0.4, -0.2) is 29.5 Å². The normalized spacial score (nSPS) is 13.9. The molecule has 0 heterocycles. The van der Waals surface area contributed by atoms with E-state index in [1.165, 1.54) is 0 Å². The van der Waals surface area contributed by atoms with Gasteiger partial charge in [-0.05, 0) is 33.1 Å². The number of amides is 1. The van der Waals surface area contributed by atoms with E-state index in [2.05, 4.69) is 35.1 Å². The Morgan fingerprint density at radius 1 is 1.38 bits per heavy atom. The summed E-state index contributed by atoms with van der Waals surface area (Å²) in [7, 11) is 0. The van der Waals surface area contributed by atoms with Crippen LogP contribution in [-0.2, 0) is 9.53 Å². The van der Waals surface area contributed by atoms with E-state index in [9.17, 15) is 4.79 Å². The first-order chi connectivity index (χ1) is 7.26. The molecule has 0 spiro atoms. The van der Waals surface area contributed by atoms with Crippen LogP contribution in [0.5, 0.6) is 0 Å². The minimum Gasteiger partial charge on any atom is -0.366 e. The second-order valence-corrected chi connectivity index (χ2v) is 6.09. The molecule has 0 aromatic carbocycles. The standard InChI is InChI=1S/C12H24BrNO2/c1-9(2)10(6-7-13)14-11(15)8-16-12(3,4)5/h9-10H,6-8H2,1-5H3,(H,14,15). The van der Waals surface area contributed by atoms with Crippen molar-refractivity contribution in [1.29, 1.82) is 0 Å². The summed E-state index contributed by atoms with van der Waals surface area (Å²) in [4.78, 5) is 11.6. The zero-order chi connectivity index (χ0) is 12.8. The van der Waals surface area contributed by atoms with Gasteiger partial charge in [-0.25, -0.2) is 0 Å². The third-order valence-electron chi connectivity index (χ3n) is 2.21. The molecule has 0 bridgehead atoms. The van der Waals surface area contributed by atoms with E-state index >= 15 is 0 Å². The van der Waals surface area contributed by atoms with Gasteiger partial charge < -0.3 is 10.1 Å². The van der Waals surface area contributed by atoms with Gasteiger partial charge in [-0.15, -0.1) is 0 Å². The summed E-state index contributed by atoms with van der Waals surface area (Å²) in [6.07, 6.45) is 0.943. The average molecular weight is 294 g/mol. The Balaban J connectivity index is 4.00. The lowest BCUT2D eigenvalue weighted by Crippen LogP contribution is -2.41. The molecular weight excluding hydrogens is 270 g/mol. The van der Waals surface area contributed by atoms with Gasteiger partial charge in [-0.3, -0.25) is 4.79 Å². The molecule has 3 nitrogen and oxygen atoms in total. The van der Waals surface area contributed by atoms with Crippen molar-refractivity contribution in [2.45, 2.75) is 52.7 Å². The van der Waals surface area contributed by atoms with Crippen LogP contribution < -0.4 is 5.32 Å². The molecule has 0 saturated heterocycles. The Morgan fingerprint density at radius 3 is 2.31 bits per heavy atom. The van der Waals surface area contributed by atoms with Gasteiger partial charge in [-0.2, -0.15) is 0 Å². The van der Waals surface area contributed by atoms with Crippen LogP contribution in [0, 0.1) is 5.92 Å². The first kappa shape index (κ1) is 15.9. The first-order valence-electron chi connectivity index (χ1n) is 5.75. The van der Waals surface area contributed by atoms with Gasteiger partial charge in [-0.1, -0.05) is 29.8 Å². The van der Waals surface area contributed by atoms with Crippen molar-refractivity contribution in [3.63, 3.8) is 0 Å². The van der Waals surface area contributed by atoms with Gasteiger partial charge in [0.15, 0.2) is 0 Å². The van der Waals surface area contributed by atoms with Gasteiger partial charge in [0.2, 0.25) is 5.91 Å². The number of hydrogen-bond donors (Lipinski definition) is 1. The van der Waals surface area contributed by atoms with E-state index in [0.717, 1.165) is 11.8 Å². The second-order valence-electron chi connectivity index (χ2n) is 5.30. The highest BCUT2D eigenvalue weighted by Gasteiger charge is 2.17. The van der Waals surface area contributed by atoms with E-state index < -0.39 is 0 Å². The smallest absolute Gasteiger partial charge is 0.246 e. The van der Waals surface area contributed by atoms with Gasteiger partial charge in [0.1, 0.15) is 6.61 Å². The maximum atomic E-state index is 11.6. The van der Waals surface area contributed by atoms with E-state index in [-0.39, 0.29) is 24.2 Å². The Bertz CT molecular complexity index is 212. The van der Waals surface area contributed by atoms with Crippen molar-refractivity contribution in [2.24, 2.45) is 5.92 Å². The number of alkyl halides is 1. The zero-order valence-electron chi connectivity index (χ0n) is 11.0. The number of hydrogen-bond acceptors (Lipinski definition) is 2. The first-order valence-corrected chi connectivity index (χ1v) is 6.87. The highest BCUT2D eigenvalue weighted by atomic mass is 79.9. The number of carbonyl (C=O) groups is 1. The summed E-state index contributed by atoms with van der Waals surface area (Å²) >= 11 is 3.40. The molecule has 0 aliphatic rings. The third-order valence-corrected chi connectivity index (χ3v) is 2.67. The van der Waals surface area contributed by atoms with Gasteiger partial charge >= 0.3 is 0 Å². The Morgan fingerprint density at radius 2 is 1.94 bits per heavy atom. The van der Waals surface area contributed by atoms with Crippen LogP contribution in [0.4, 0.5) is 0 Å². The van der Waals surface area contributed by atoms with Crippen LogP contribution in [0.2, 0.25) is 0 Å². The molecule has 0 aliphatic heterocycles. The predicted octanol–water partition coefficient (Wildman–Crippen LogP) is 2.73. The van der Waals surface area contributed by atoms with Crippen molar-refractivity contribution in [2.75, 3.05) is 11.9 Å².